The van der Waals surface area contributed by atoms with Gasteiger partial charge in [-0.25, -0.2) is 4.98 Å². The molecule has 1 heterocycles. The molecule has 0 saturated heterocycles. The number of carboxylic acid groups (broad SMARTS) is 1. The van der Waals surface area contributed by atoms with Gasteiger partial charge in [0.2, 0.25) is 0 Å². The summed E-state index contributed by atoms with van der Waals surface area (Å²) in [7, 11) is 0. The summed E-state index contributed by atoms with van der Waals surface area (Å²) in [6, 6.07) is 7.68. The molecule has 94 valence electrons. The summed E-state index contributed by atoms with van der Waals surface area (Å²) < 4.78 is 6.45. The minimum Gasteiger partial charge on any atom is -0.481 e. The maximum atomic E-state index is 10.6. The molecule has 0 fully saturated rings. The lowest BCUT2D eigenvalue weighted by Gasteiger charge is -2.00. The number of hydrogen-bond donors (Lipinski definition) is 1. The average molecular weight is 310 g/mol. The van der Waals surface area contributed by atoms with E-state index >= 15 is 0 Å². The molecule has 0 unspecified atom stereocenters. The molecule has 1 aromatic heterocycles. The summed E-state index contributed by atoms with van der Waals surface area (Å²) in [4.78, 5) is 14.9. The molecule has 0 bridgehead atoms. The summed E-state index contributed by atoms with van der Waals surface area (Å²) in [6.45, 7) is 1.76. The minimum atomic E-state index is -0.842. The number of nitrogens with zero attached hydrogens (tertiary/aromatic N) is 1. The predicted molar refractivity (Wildman–Crippen MR) is 70.3 cm³/mol. The Kier molecular flexibility index (Phi) is 3.81. The molecule has 0 radical (unpaired) electrons. The first-order chi connectivity index (χ1) is 8.56. The summed E-state index contributed by atoms with van der Waals surface area (Å²) in [5.74, 6) is 0.330. The zero-order valence-electron chi connectivity index (χ0n) is 9.81. The van der Waals surface area contributed by atoms with E-state index in [2.05, 4.69) is 20.9 Å². The number of halogens is 1. The Bertz CT molecular complexity index is 560. The third-order valence-corrected chi connectivity index (χ3v) is 3.02. The van der Waals surface area contributed by atoms with Crippen LogP contribution in [0.5, 0.6) is 0 Å². The Labute approximate surface area is 113 Å². The van der Waals surface area contributed by atoms with Crippen molar-refractivity contribution in [3.05, 3.63) is 40.4 Å². The van der Waals surface area contributed by atoms with Gasteiger partial charge in [-0.05, 0) is 12.1 Å². The van der Waals surface area contributed by atoms with Crippen LogP contribution in [0.2, 0.25) is 0 Å². The lowest BCUT2D eigenvalue weighted by atomic mass is 10.1. The van der Waals surface area contributed by atoms with Crippen molar-refractivity contribution in [3.8, 4) is 11.3 Å². The van der Waals surface area contributed by atoms with E-state index in [0.717, 1.165) is 15.7 Å². The molecule has 5 heteroatoms. The molecule has 18 heavy (non-hydrogen) atoms. The van der Waals surface area contributed by atoms with Gasteiger partial charge in [0.25, 0.3) is 0 Å². The summed E-state index contributed by atoms with van der Waals surface area (Å²) in [6.07, 6.45) is 0.389. The van der Waals surface area contributed by atoms with E-state index in [-0.39, 0.29) is 6.42 Å². The van der Waals surface area contributed by atoms with Gasteiger partial charge in [0.15, 0.2) is 5.89 Å². The van der Waals surface area contributed by atoms with Crippen molar-refractivity contribution in [2.24, 2.45) is 0 Å². The van der Waals surface area contributed by atoms with E-state index in [1.807, 2.05) is 24.3 Å². The maximum Gasteiger partial charge on any atom is 0.303 e. The quantitative estimate of drug-likeness (QED) is 0.939. The van der Waals surface area contributed by atoms with Gasteiger partial charge in [0.1, 0.15) is 11.5 Å². The van der Waals surface area contributed by atoms with Crippen LogP contribution >= 0.6 is 15.9 Å². The van der Waals surface area contributed by atoms with Gasteiger partial charge in [-0.15, -0.1) is 0 Å². The number of hydrogen-bond acceptors (Lipinski definition) is 3. The highest BCUT2D eigenvalue weighted by atomic mass is 79.9. The summed E-state index contributed by atoms with van der Waals surface area (Å²) >= 11 is 3.37. The largest absolute Gasteiger partial charge is 0.481 e. The molecular formula is C13H12BrNO3. The third kappa shape index (κ3) is 2.98. The molecule has 0 saturated carbocycles. The molecular weight excluding hydrogens is 298 g/mol. The zero-order valence-corrected chi connectivity index (χ0v) is 11.4. The number of oxazole rings is 1. The topological polar surface area (TPSA) is 63.3 Å². The molecule has 4 nitrogen and oxygen atoms in total. The Morgan fingerprint density at radius 3 is 2.67 bits per heavy atom. The maximum absolute atomic E-state index is 10.6. The molecule has 1 N–H and O–H groups in total. The zero-order chi connectivity index (χ0) is 13.1. The highest BCUT2D eigenvalue weighted by molar-refractivity contribution is 9.10. The number of aryl methyl sites for hydroxylation is 2. The SMILES string of the molecule is Cc1nc(-c2ccc(Br)cc2)c(CCC(=O)O)o1. The van der Waals surface area contributed by atoms with Gasteiger partial charge in [-0.3, -0.25) is 4.79 Å². The third-order valence-electron chi connectivity index (χ3n) is 2.49. The van der Waals surface area contributed by atoms with Gasteiger partial charge < -0.3 is 9.52 Å². The van der Waals surface area contributed by atoms with Crippen LogP contribution in [0.1, 0.15) is 18.1 Å². The molecule has 0 amide bonds. The lowest BCUT2D eigenvalue weighted by molar-refractivity contribution is -0.137. The fourth-order valence-electron chi connectivity index (χ4n) is 1.69. The second-order valence-electron chi connectivity index (χ2n) is 3.91. The van der Waals surface area contributed by atoms with E-state index in [9.17, 15) is 4.79 Å². The summed E-state index contributed by atoms with van der Waals surface area (Å²) in [5.41, 5.74) is 1.65. The van der Waals surface area contributed by atoms with Gasteiger partial charge in [-0.1, -0.05) is 28.1 Å². The van der Waals surface area contributed by atoms with E-state index in [1.54, 1.807) is 6.92 Å². The Morgan fingerprint density at radius 2 is 2.06 bits per heavy atom. The first-order valence-corrected chi connectivity index (χ1v) is 6.29. The van der Waals surface area contributed by atoms with Crippen molar-refractivity contribution in [1.82, 2.24) is 4.98 Å². The van der Waals surface area contributed by atoms with Crippen LogP contribution in [0.25, 0.3) is 11.3 Å². The Hall–Kier alpha value is -1.62. The van der Waals surface area contributed by atoms with Crippen LogP contribution < -0.4 is 0 Å². The number of carboxylic acids is 1. The number of rotatable bonds is 4. The molecule has 2 aromatic rings. The highest BCUT2D eigenvalue weighted by Gasteiger charge is 2.14. The van der Waals surface area contributed by atoms with Crippen LogP contribution in [0.3, 0.4) is 0 Å². The second-order valence-corrected chi connectivity index (χ2v) is 4.82. The molecule has 2 rings (SSSR count). The normalized spacial score (nSPS) is 10.6. The van der Waals surface area contributed by atoms with Crippen molar-refractivity contribution in [2.45, 2.75) is 19.8 Å². The molecule has 0 aliphatic heterocycles. The van der Waals surface area contributed by atoms with Gasteiger partial charge in [0.05, 0.1) is 6.42 Å². The summed E-state index contributed by atoms with van der Waals surface area (Å²) in [5, 5.41) is 8.71. The van der Waals surface area contributed by atoms with E-state index in [4.69, 9.17) is 9.52 Å². The number of carbonyl (C=O) groups is 1. The smallest absolute Gasteiger partial charge is 0.303 e. The number of aliphatic carboxylic acids is 1. The second kappa shape index (κ2) is 5.35. The van der Waals surface area contributed by atoms with Crippen molar-refractivity contribution in [2.75, 3.05) is 0 Å². The van der Waals surface area contributed by atoms with E-state index in [0.29, 0.717) is 18.1 Å². The first-order valence-electron chi connectivity index (χ1n) is 5.50. The van der Waals surface area contributed by atoms with Crippen molar-refractivity contribution < 1.29 is 14.3 Å². The van der Waals surface area contributed by atoms with Crippen LogP contribution in [0.15, 0.2) is 33.2 Å². The minimum absolute atomic E-state index is 0.0398. The fourth-order valence-corrected chi connectivity index (χ4v) is 1.96. The lowest BCUT2D eigenvalue weighted by Crippen LogP contribution is -1.97. The molecule has 0 spiro atoms. The van der Waals surface area contributed by atoms with Crippen LogP contribution in [0, 0.1) is 6.92 Å². The van der Waals surface area contributed by atoms with Gasteiger partial charge >= 0.3 is 5.97 Å². The van der Waals surface area contributed by atoms with Crippen molar-refractivity contribution in [3.63, 3.8) is 0 Å². The standard InChI is InChI=1S/C13H12BrNO3/c1-8-15-13(9-2-4-10(14)5-3-9)11(18-8)6-7-12(16)17/h2-5H,6-7H2,1H3,(H,16,17). The van der Waals surface area contributed by atoms with Crippen LogP contribution in [-0.4, -0.2) is 16.1 Å². The first kappa shape index (κ1) is 12.8. The monoisotopic (exact) mass is 309 g/mol. The van der Waals surface area contributed by atoms with E-state index < -0.39 is 5.97 Å². The van der Waals surface area contributed by atoms with Gasteiger partial charge in [0, 0.05) is 23.4 Å². The van der Waals surface area contributed by atoms with E-state index in [1.165, 1.54) is 0 Å². The predicted octanol–water partition coefficient (Wildman–Crippen LogP) is 3.43. The number of benzene rings is 1. The van der Waals surface area contributed by atoms with Crippen LogP contribution in [0.4, 0.5) is 0 Å². The van der Waals surface area contributed by atoms with Gasteiger partial charge in [-0.2, -0.15) is 0 Å². The average Bonchev–Trinajstić information content (AvgIpc) is 2.69. The molecule has 0 aliphatic rings. The highest BCUT2D eigenvalue weighted by Crippen LogP contribution is 2.26. The molecule has 0 atom stereocenters. The van der Waals surface area contributed by atoms with Crippen LogP contribution in [-0.2, 0) is 11.2 Å². The van der Waals surface area contributed by atoms with Crippen molar-refractivity contribution in [1.29, 1.82) is 0 Å². The molecule has 0 aliphatic carbocycles. The Balaban J connectivity index is 2.31. The molecule has 1 aromatic carbocycles. The van der Waals surface area contributed by atoms with Crippen molar-refractivity contribution >= 4 is 21.9 Å². The number of aromatic nitrogens is 1. The fraction of sp³-hybridized carbons (Fsp3) is 0.231. The Morgan fingerprint density at radius 1 is 1.39 bits per heavy atom.